The van der Waals surface area contributed by atoms with Crippen molar-refractivity contribution >= 4 is 17.9 Å². The number of hydrogen-bond acceptors (Lipinski definition) is 8. The average Bonchev–Trinajstić information content (AvgIpc) is 3.20. The fraction of sp³-hybridized carbons (Fsp3) is 0.682. The largest absolute Gasteiger partial charge is 0.455 e. The third-order valence-electron chi connectivity index (χ3n) is 6.16. The lowest BCUT2D eigenvalue weighted by atomic mass is 9.75. The number of ether oxygens (including phenoxy) is 5. The van der Waals surface area contributed by atoms with E-state index in [1.54, 1.807) is 6.08 Å². The quantitative estimate of drug-likeness (QED) is 0.391. The minimum absolute atomic E-state index is 0.250. The third-order valence-corrected chi connectivity index (χ3v) is 6.16. The van der Waals surface area contributed by atoms with Gasteiger partial charge in [-0.1, -0.05) is 31.6 Å². The molecular weight excluding hydrogens is 392 g/mol. The predicted molar refractivity (Wildman–Crippen MR) is 102 cm³/mol. The molecule has 0 N–H and O–H groups in total. The number of hydrogen-bond donors (Lipinski definition) is 0. The standard InChI is InChI=1S/C22H28O8/c1-11(23)26-17-16-15-14(8-7-13-6-5-9-22(3,4)10-13)18(25)28-19(15)29-20(16)30-21(17)27-12(2)24/h7-8,15-17,19-21H,5-6,9-10H2,1-4H3. The highest BCUT2D eigenvalue weighted by Crippen LogP contribution is 2.51. The zero-order valence-electron chi connectivity index (χ0n) is 17.7. The summed E-state index contributed by atoms with van der Waals surface area (Å²) < 4.78 is 27.4. The van der Waals surface area contributed by atoms with Gasteiger partial charge in [0.25, 0.3) is 0 Å². The molecule has 3 saturated heterocycles. The molecule has 30 heavy (non-hydrogen) atoms. The van der Waals surface area contributed by atoms with Gasteiger partial charge in [-0.3, -0.25) is 9.59 Å². The minimum Gasteiger partial charge on any atom is -0.455 e. The van der Waals surface area contributed by atoms with Crippen LogP contribution in [0.25, 0.3) is 0 Å². The average molecular weight is 420 g/mol. The van der Waals surface area contributed by atoms with Crippen molar-refractivity contribution in [2.45, 2.75) is 78.4 Å². The van der Waals surface area contributed by atoms with Gasteiger partial charge in [0.05, 0.1) is 11.8 Å². The summed E-state index contributed by atoms with van der Waals surface area (Å²) in [6.45, 7) is 7.01. The first-order valence-electron chi connectivity index (χ1n) is 10.4. The van der Waals surface area contributed by atoms with Crippen molar-refractivity contribution in [2.24, 2.45) is 17.3 Å². The topological polar surface area (TPSA) is 97.4 Å². The Hall–Kier alpha value is -2.19. The summed E-state index contributed by atoms with van der Waals surface area (Å²) in [6, 6.07) is 0. The van der Waals surface area contributed by atoms with Gasteiger partial charge in [-0.25, -0.2) is 4.79 Å². The zero-order valence-corrected chi connectivity index (χ0v) is 17.7. The van der Waals surface area contributed by atoms with Crippen LogP contribution in [0.2, 0.25) is 0 Å². The number of fused-ring (bicyclic) bond motifs is 3. The van der Waals surface area contributed by atoms with Crippen LogP contribution in [0, 0.1) is 17.3 Å². The molecule has 164 valence electrons. The van der Waals surface area contributed by atoms with Gasteiger partial charge in [-0.15, -0.1) is 0 Å². The van der Waals surface area contributed by atoms with Crippen molar-refractivity contribution < 1.29 is 38.1 Å². The SMILES string of the molecule is CC(=O)OC1OC2OC3OC(=O)C(=CC=C4CCCC(C)(C)C4)C3C2C1OC(C)=O. The molecule has 8 nitrogen and oxygen atoms in total. The lowest BCUT2D eigenvalue weighted by Crippen LogP contribution is -2.38. The van der Waals surface area contributed by atoms with Crippen molar-refractivity contribution in [3.8, 4) is 0 Å². The smallest absolute Gasteiger partial charge is 0.336 e. The van der Waals surface area contributed by atoms with Crippen LogP contribution in [0.4, 0.5) is 0 Å². The van der Waals surface area contributed by atoms with E-state index >= 15 is 0 Å². The molecule has 0 amide bonds. The molecule has 0 aromatic carbocycles. The highest BCUT2D eigenvalue weighted by Gasteiger charge is 2.64. The molecule has 4 fully saturated rings. The minimum atomic E-state index is -1.09. The number of rotatable bonds is 3. The van der Waals surface area contributed by atoms with Gasteiger partial charge >= 0.3 is 17.9 Å². The van der Waals surface area contributed by atoms with E-state index in [0.29, 0.717) is 5.57 Å². The number of carbonyl (C=O) groups excluding carboxylic acids is 3. The molecule has 0 aromatic heterocycles. The Bertz CT molecular complexity index is 810. The summed E-state index contributed by atoms with van der Waals surface area (Å²) in [4.78, 5) is 35.6. The van der Waals surface area contributed by atoms with Crippen molar-refractivity contribution in [1.82, 2.24) is 0 Å². The van der Waals surface area contributed by atoms with Gasteiger partial charge in [0.2, 0.25) is 12.6 Å². The Balaban J connectivity index is 1.61. The number of carbonyl (C=O) groups is 3. The molecule has 8 heteroatoms. The second-order valence-electron chi connectivity index (χ2n) is 9.21. The Morgan fingerprint density at radius 3 is 2.47 bits per heavy atom. The van der Waals surface area contributed by atoms with E-state index < -0.39 is 54.7 Å². The van der Waals surface area contributed by atoms with E-state index in [2.05, 4.69) is 13.8 Å². The molecule has 6 atom stereocenters. The zero-order chi connectivity index (χ0) is 21.6. The second-order valence-corrected chi connectivity index (χ2v) is 9.21. The molecular formula is C22H28O8. The Labute approximate surface area is 175 Å². The van der Waals surface area contributed by atoms with Crippen molar-refractivity contribution in [3.05, 3.63) is 23.3 Å². The van der Waals surface area contributed by atoms with Gasteiger partial charge < -0.3 is 23.7 Å². The molecule has 1 saturated carbocycles. The van der Waals surface area contributed by atoms with Crippen LogP contribution in [-0.4, -0.2) is 42.9 Å². The summed E-state index contributed by atoms with van der Waals surface area (Å²) in [5.74, 6) is -2.53. The van der Waals surface area contributed by atoms with Crippen molar-refractivity contribution in [1.29, 1.82) is 0 Å². The van der Waals surface area contributed by atoms with Gasteiger partial charge in [0.15, 0.2) is 12.4 Å². The molecule has 0 spiro atoms. The summed E-state index contributed by atoms with van der Waals surface area (Å²) in [5.41, 5.74) is 2.01. The fourth-order valence-electron chi connectivity index (χ4n) is 4.99. The predicted octanol–water partition coefficient (Wildman–Crippen LogP) is 2.76. The van der Waals surface area contributed by atoms with Gasteiger partial charge in [0.1, 0.15) is 0 Å². The first kappa shape index (κ1) is 21.1. The van der Waals surface area contributed by atoms with Crippen LogP contribution in [-0.2, 0) is 38.1 Å². The maximum atomic E-state index is 12.5. The van der Waals surface area contributed by atoms with Crippen LogP contribution in [0.5, 0.6) is 0 Å². The first-order chi connectivity index (χ1) is 14.1. The second kappa shape index (κ2) is 7.81. The monoisotopic (exact) mass is 420 g/mol. The van der Waals surface area contributed by atoms with Crippen LogP contribution >= 0.6 is 0 Å². The van der Waals surface area contributed by atoms with Crippen LogP contribution in [0.15, 0.2) is 23.3 Å². The lowest BCUT2D eigenvalue weighted by Gasteiger charge is -2.31. The summed E-state index contributed by atoms with van der Waals surface area (Å²) in [6.07, 6.45) is 4.53. The summed E-state index contributed by atoms with van der Waals surface area (Å²) >= 11 is 0. The summed E-state index contributed by atoms with van der Waals surface area (Å²) in [5, 5.41) is 0. The van der Waals surface area contributed by atoms with E-state index in [4.69, 9.17) is 23.7 Å². The molecule has 1 aliphatic carbocycles. The molecule has 0 aromatic rings. The third kappa shape index (κ3) is 4.03. The molecule has 3 heterocycles. The molecule has 6 unspecified atom stereocenters. The fourth-order valence-corrected chi connectivity index (χ4v) is 4.99. The maximum absolute atomic E-state index is 12.5. The van der Waals surface area contributed by atoms with Crippen molar-refractivity contribution in [3.63, 3.8) is 0 Å². The molecule has 3 aliphatic heterocycles. The van der Waals surface area contributed by atoms with E-state index in [1.165, 1.54) is 25.8 Å². The maximum Gasteiger partial charge on any atom is 0.336 e. The van der Waals surface area contributed by atoms with E-state index in [0.717, 1.165) is 19.3 Å². The number of allylic oxidation sites excluding steroid dienone is 3. The van der Waals surface area contributed by atoms with E-state index in [-0.39, 0.29) is 5.41 Å². The van der Waals surface area contributed by atoms with Gasteiger partial charge in [0, 0.05) is 19.4 Å². The highest BCUT2D eigenvalue weighted by atomic mass is 16.8. The lowest BCUT2D eigenvalue weighted by molar-refractivity contribution is -0.244. The molecule has 4 rings (SSSR count). The van der Waals surface area contributed by atoms with Crippen LogP contribution in [0.1, 0.15) is 53.4 Å². The summed E-state index contributed by atoms with van der Waals surface area (Å²) in [7, 11) is 0. The van der Waals surface area contributed by atoms with E-state index in [9.17, 15) is 14.4 Å². The van der Waals surface area contributed by atoms with Crippen molar-refractivity contribution in [2.75, 3.05) is 0 Å². The normalized spacial score (nSPS) is 39.5. The van der Waals surface area contributed by atoms with Gasteiger partial charge in [-0.2, -0.15) is 0 Å². The van der Waals surface area contributed by atoms with Crippen LogP contribution in [0.3, 0.4) is 0 Å². The Morgan fingerprint density at radius 1 is 1.07 bits per heavy atom. The van der Waals surface area contributed by atoms with Crippen LogP contribution < -0.4 is 0 Å². The highest BCUT2D eigenvalue weighted by molar-refractivity contribution is 5.92. The Morgan fingerprint density at radius 2 is 1.80 bits per heavy atom. The molecule has 4 aliphatic rings. The number of esters is 3. The molecule has 0 radical (unpaired) electrons. The van der Waals surface area contributed by atoms with Gasteiger partial charge in [-0.05, 0) is 31.1 Å². The Kier molecular flexibility index (Phi) is 5.48. The first-order valence-corrected chi connectivity index (χ1v) is 10.4. The molecule has 0 bridgehead atoms. The van der Waals surface area contributed by atoms with E-state index in [1.807, 2.05) is 6.08 Å².